The number of hydrogen-bond donors (Lipinski definition) is 2. The number of ether oxygens (including phenoxy) is 1. The summed E-state index contributed by atoms with van der Waals surface area (Å²) in [6, 6.07) is 1.47. The highest BCUT2D eigenvalue weighted by atomic mass is 16.5. The zero-order chi connectivity index (χ0) is 12.5. The van der Waals surface area contributed by atoms with Crippen molar-refractivity contribution in [3.05, 3.63) is 23.7 Å². The van der Waals surface area contributed by atoms with Gasteiger partial charge in [-0.15, -0.1) is 0 Å². The van der Waals surface area contributed by atoms with Gasteiger partial charge in [-0.2, -0.15) is 0 Å². The van der Waals surface area contributed by atoms with Crippen LogP contribution in [0.3, 0.4) is 0 Å². The first kappa shape index (κ1) is 11.2. The number of carboxylic acids is 1. The number of aromatic carboxylic acids is 1. The number of H-pyrrole nitrogens is 1. The van der Waals surface area contributed by atoms with Crippen LogP contribution in [0.4, 0.5) is 0 Å². The van der Waals surface area contributed by atoms with E-state index >= 15 is 0 Å². The lowest BCUT2D eigenvalue weighted by molar-refractivity contribution is 0.0101. The van der Waals surface area contributed by atoms with Gasteiger partial charge in [0.25, 0.3) is 0 Å². The van der Waals surface area contributed by atoms with Gasteiger partial charge in [0.15, 0.2) is 5.65 Å². The SMILES string of the molecule is O=C(O)c1ccnc2nc(C3CCCCO3)[nH]c12. The van der Waals surface area contributed by atoms with Gasteiger partial charge in [0.1, 0.15) is 11.9 Å². The van der Waals surface area contributed by atoms with Crippen molar-refractivity contribution in [1.29, 1.82) is 0 Å². The number of aromatic amines is 1. The predicted molar refractivity (Wildman–Crippen MR) is 63.4 cm³/mol. The van der Waals surface area contributed by atoms with Crippen LogP contribution in [0.15, 0.2) is 12.3 Å². The average Bonchev–Trinajstić information content (AvgIpc) is 2.83. The van der Waals surface area contributed by atoms with Gasteiger partial charge in [-0.1, -0.05) is 0 Å². The molecule has 0 bridgehead atoms. The van der Waals surface area contributed by atoms with E-state index in [2.05, 4.69) is 15.0 Å². The summed E-state index contributed by atoms with van der Waals surface area (Å²) in [4.78, 5) is 22.5. The number of rotatable bonds is 2. The maximum absolute atomic E-state index is 11.1. The summed E-state index contributed by atoms with van der Waals surface area (Å²) in [6.07, 6.45) is 4.45. The van der Waals surface area contributed by atoms with Crippen molar-refractivity contribution in [2.75, 3.05) is 6.61 Å². The van der Waals surface area contributed by atoms with Crippen LogP contribution in [-0.4, -0.2) is 32.6 Å². The number of aromatic nitrogens is 3. The lowest BCUT2D eigenvalue weighted by atomic mass is 10.1. The molecule has 94 valence electrons. The van der Waals surface area contributed by atoms with Crippen LogP contribution in [-0.2, 0) is 4.74 Å². The Bertz CT molecular complexity index is 587. The minimum Gasteiger partial charge on any atom is -0.478 e. The third-order valence-electron chi connectivity index (χ3n) is 3.13. The second-order valence-corrected chi connectivity index (χ2v) is 4.34. The monoisotopic (exact) mass is 247 g/mol. The number of carbonyl (C=O) groups is 1. The normalized spacial score (nSPS) is 20.1. The number of carboxylic acid groups (broad SMARTS) is 1. The molecule has 1 fully saturated rings. The van der Waals surface area contributed by atoms with Crippen molar-refractivity contribution in [3.63, 3.8) is 0 Å². The summed E-state index contributed by atoms with van der Waals surface area (Å²) in [7, 11) is 0. The fourth-order valence-corrected chi connectivity index (χ4v) is 2.22. The number of pyridine rings is 1. The molecule has 18 heavy (non-hydrogen) atoms. The molecule has 1 atom stereocenters. The van der Waals surface area contributed by atoms with Gasteiger partial charge in [-0.05, 0) is 25.3 Å². The molecule has 1 aliphatic heterocycles. The van der Waals surface area contributed by atoms with Crippen LogP contribution in [0, 0.1) is 0 Å². The molecule has 1 unspecified atom stereocenters. The molecule has 1 aliphatic rings. The molecule has 6 nitrogen and oxygen atoms in total. The van der Waals surface area contributed by atoms with E-state index in [1.54, 1.807) is 0 Å². The summed E-state index contributed by atoms with van der Waals surface area (Å²) in [5.74, 6) is -0.312. The summed E-state index contributed by atoms with van der Waals surface area (Å²) in [5.41, 5.74) is 1.09. The fourth-order valence-electron chi connectivity index (χ4n) is 2.22. The molecule has 2 N–H and O–H groups in total. The number of hydrogen-bond acceptors (Lipinski definition) is 4. The molecule has 3 heterocycles. The van der Waals surface area contributed by atoms with Crippen molar-refractivity contribution < 1.29 is 14.6 Å². The van der Waals surface area contributed by atoms with Crippen LogP contribution in [0.25, 0.3) is 11.2 Å². The number of nitrogens with one attached hydrogen (secondary N) is 1. The van der Waals surface area contributed by atoms with Gasteiger partial charge in [0, 0.05) is 12.8 Å². The smallest absolute Gasteiger partial charge is 0.338 e. The number of imidazole rings is 1. The lowest BCUT2D eigenvalue weighted by Gasteiger charge is -2.20. The lowest BCUT2D eigenvalue weighted by Crippen LogP contribution is -2.12. The van der Waals surface area contributed by atoms with E-state index in [9.17, 15) is 4.79 Å². The molecular formula is C12H13N3O3. The minimum absolute atomic E-state index is 0.0744. The molecule has 3 rings (SSSR count). The fraction of sp³-hybridized carbons (Fsp3) is 0.417. The highest BCUT2D eigenvalue weighted by molar-refractivity contribution is 5.99. The van der Waals surface area contributed by atoms with Gasteiger partial charge in [-0.3, -0.25) is 0 Å². The Hall–Kier alpha value is -1.95. The average molecular weight is 247 g/mol. The van der Waals surface area contributed by atoms with Gasteiger partial charge in [0.05, 0.1) is 11.1 Å². The van der Waals surface area contributed by atoms with Gasteiger partial charge < -0.3 is 14.8 Å². The van der Waals surface area contributed by atoms with Crippen molar-refractivity contribution in [2.45, 2.75) is 25.4 Å². The first-order valence-corrected chi connectivity index (χ1v) is 5.95. The molecule has 0 radical (unpaired) electrons. The Balaban J connectivity index is 2.04. The van der Waals surface area contributed by atoms with E-state index in [-0.39, 0.29) is 11.7 Å². The topological polar surface area (TPSA) is 88.1 Å². The van der Waals surface area contributed by atoms with Crippen molar-refractivity contribution in [1.82, 2.24) is 15.0 Å². The van der Waals surface area contributed by atoms with Crippen LogP contribution in [0.1, 0.15) is 41.5 Å². The Morgan fingerprint density at radius 2 is 2.39 bits per heavy atom. The quantitative estimate of drug-likeness (QED) is 0.846. The second kappa shape index (κ2) is 4.38. The van der Waals surface area contributed by atoms with Crippen molar-refractivity contribution in [3.8, 4) is 0 Å². The van der Waals surface area contributed by atoms with E-state index in [0.717, 1.165) is 25.9 Å². The molecule has 6 heteroatoms. The second-order valence-electron chi connectivity index (χ2n) is 4.34. The zero-order valence-corrected chi connectivity index (χ0v) is 9.72. The van der Waals surface area contributed by atoms with Gasteiger partial charge in [-0.25, -0.2) is 14.8 Å². The molecule has 0 aliphatic carbocycles. The largest absolute Gasteiger partial charge is 0.478 e. The number of nitrogens with zero attached hydrogens (tertiary/aromatic N) is 2. The van der Waals surface area contributed by atoms with E-state index in [4.69, 9.17) is 9.84 Å². The molecule has 0 saturated carbocycles. The molecular weight excluding hydrogens is 234 g/mol. The zero-order valence-electron chi connectivity index (χ0n) is 9.72. The highest BCUT2D eigenvalue weighted by Crippen LogP contribution is 2.27. The summed E-state index contributed by atoms with van der Waals surface area (Å²) >= 11 is 0. The van der Waals surface area contributed by atoms with E-state index in [1.807, 2.05) is 0 Å². The maximum atomic E-state index is 11.1. The predicted octanol–water partition coefficient (Wildman–Crippen LogP) is 1.90. The van der Waals surface area contributed by atoms with Gasteiger partial charge in [0.2, 0.25) is 0 Å². The first-order chi connectivity index (χ1) is 8.75. The summed E-state index contributed by atoms with van der Waals surface area (Å²) in [5, 5.41) is 9.10. The maximum Gasteiger partial charge on any atom is 0.338 e. The first-order valence-electron chi connectivity index (χ1n) is 5.95. The minimum atomic E-state index is -0.984. The third kappa shape index (κ3) is 1.84. The number of fused-ring (bicyclic) bond motifs is 1. The molecule has 2 aromatic rings. The molecule has 0 aromatic carbocycles. The molecule has 1 saturated heterocycles. The van der Waals surface area contributed by atoms with Gasteiger partial charge >= 0.3 is 5.97 Å². The third-order valence-corrected chi connectivity index (χ3v) is 3.13. The van der Waals surface area contributed by atoms with Crippen LogP contribution in [0.5, 0.6) is 0 Å². The Labute approximate surface area is 103 Å². The standard InChI is InChI=1S/C12H13N3O3/c16-12(17)7-4-5-13-11-9(7)14-10(15-11)8-3-1-2-6-18-8/h4-5,8H,1-3,6H2,(H,16,17)(H,13,14,15). The molecule has 0 spiro atoms. The summed E-state index contributed by atoms with van der Waals surface area (Å²) < 4.78 is 5.62. The van der Waals surface area contributed by atoms with Crippen molar-refractivity contribution >= 4 is 17.1 Å². The summed E-state index contributed by atoms with van der Waals surface area (Å²) in [6.45, 7) is 0.723. The van der Waals surface area contributed by atoms with Crippen LogP contribution < -0.4 is 0 Å². The Morgan fingerprint density at radius 1 is 1.50 bits per heavy atom. The van der Waals surface area contributed by atoms with Crippen LogP contribution >= 0.6 is 0 Å². The van der Waals surface area contributed by atoms with E-state index < -0.39 is 5.97 Å². The Kier molecular flexibility index (Phi) is 2.71. The van der Waals surface area contributed by atoms with Crippen molar-refractivity contribution in [2.24, 2.45) is 0 Å². The van der Waals surface area contributed by atoms with E-state index in [1.165, 1.54) is 12.3 Å². The Morgan fingerprint density at radius 3 is 3.11 bits per heavy atom. The van der Waals surface area contributed by atoms with E-state index in [0.29, 0.717) is 17.0 Å². The molecule has 0 amide bonds. The molecule has 2 aromatic heterocycles. The highest BCUT2D eigenvalue weighted by Gasteiger charge is 2.21. The van der Waals surface area contributed by atoms with Crippen LogP contribution in [0.2, 0.25) is 0 Å².